The van der Waals surface area contributed by atoms with Crippen molar-refractivity contribution in [2.24, 2.45) is 11.5 Å². The van der Waals surface area contributed by atoms with Gasteiger partial charge < -0.3 is 37.3 Å². The molecular weight excluding hydrogens is 602 g/mol. The molecule has 2 amide bonds. The second kappa shape index (κ2) is 12.3. The van der Waals surface area contributed by atoms with Gasteiger partial charge in [0.2, 0.25) is 5.91 Å². The Morgan fingerprint density at radius 1 is 0.891 bits per heavy atom. The zero-order valence-corrected chi connectivity index (χ0v) is 27.1. The van der Waals surface area contributed by atoms with Gasteiger partial charge in [0.05, 0.1) is 11.3 Å². The van der Waals surface area contributed by atoms with E-state index in [9.17, 15) is 14.4 Å². The first kappa shape index (κ1) is 31.9. The van der Waals surface area contributed by atoms with Gasteiger partial charge in [-0.25, -0.2) is 4.79 Å². The average molecular weight is 644 g/mol. The number of amides is 2. The lowest BCUT2D eigenvalue weighted by molar-refractivity contribution is -0.126. The van der Waals surface area contributed by atoms with E-state index >= 15 is 0 Å². The van der Waals surface area contributed by atoms with Crippen molar-refractivity contribution in [2.45, 2.75) is 91.8 Å². The minimum absolute atomic E-state index is 0.0171. The fourth-order valence-corrected chi connectivity index (χ4v) is 8.22. The molecule has 8 N–H and O–H groups in total. The zero-order valence-electron chi connectivity index (χ0n) is 26.2. The Balaban J connectivity index is 1.18. The van der Waals surface area contributed by atoms with Gasteiger partial charge in [0, 0.05) is 28.6 Å². The predicted octanol–water partition coefficient (Wildman–Crippen LogP) is 4.68. The summed E-state index contributed by atoms with van der Waals surface area (Å²) < 4.78 is 11.3. The Kier molecular flexibility index (Phi) is 8.51. The highest BCUT2D eigenvalue weighted by Gasteiger charge is 2.56. The number of Topliss-reactive ketones (excluding diaryl/α,β-unsaturated/α-hetero) is 1. The fraction of sp³-hybridized carbons (Fsp3) is 0.400. The van der Waals surface area contributed by atoms with Crippen LogP contribution in [0.25, 0.3) is 0 Å². The van der Waals surface area contributed by atoms with Gasteiger partial charge >= 0.3 is 6.09 Å². The summed E-state index contributed by atoms with van der Waals surface area (Å²) in [5.41, 5.74) is 20.6. The number of nitrogens with two attached hydrogens (primary N) is 3. The van der Waals surface area contributed by atoms with E-state index in [2.05, 4.69) is 10.6 Å². The van der Waals surface area contributed by atoms with Crippen LogP contribution in [-0.2, 0) is 19.9 Å². The molecule has 11 heteroatoms. The van der Waals surface area contributed by atoms with Crippen molar-refractivity contribution in [3.63, 3.8) is 0 Å². The van der Waals surface area contributed by atoms with Crippen molar-refractivity contribution in [2.75, 3.05) is 5.73 Å². The lowest BCUT2D eigenvalue weighted by Crippen LogP contribution is -2.60. The molecular formula is C35H41N5O5S. The maximum Gasteiger partial charge on any atom is 0.407 e. The second-order valence-corrected chi connectivity index (χ2v) is 14.5. The van der Waals surface area contributed by atoms with Crippen molar-refractivity contribution < 1.29 is 23.9 Å². The number of nitrogen functional groups attached to an aromatic ring is 1. The van der Waals surface area contributed by atoms with Crippen molar-refractivity contribution >= 4 is 35.2 Å². The van der Waals surface area contributed by atoms with E-state index in [1.54, 1.807) is 36.4 Å². The van der Waals surface area contributed by atoms with Crippen LogP contribution in [0, 0.1) is 0 Å². The Morgan fingerprint density at radius 2 is 1.50 bits per heavy atom. The molecule has 4 atom stereocenters. The summed E-state index contributed by atoms with van der Waals surface area (Å²) in [5.74, 6) is 0.184. The summed E-state index contributed by atoms with van der Waals surface area (Å²) in [4.78, 5) is 40.9. The van der Waals surface area contributed by atoms with Crippen molar-refractivity contribution in [3.8, 4) is 11.5 Å². The molecule has 46 heavy (non-hydrogen) atoms. The highest BCUT2D eigenvalue weighted by Crippen LogP contribution is 2.56. The Labute approximate surface area is 273 Å². The maximum atomic E-state index is 14.1. The van der Waals surface area contributed by atoms with E-state index in [0.717, 1.165) is 10.5 Å². The summed E-state index contributed by atoms with van der Waals surface area (Å²) in [6.45, 7) is 5.48. The molecule has 6 rings (SSSR count). The highest BCUT2D eigenvalue weighted by atomic mass is 32.2. The van der Waals surface area contributed by atoms with Gasteiger partial charge in [0.1, 0.15) is 22.6 Å². The van der Waals surface area contributed by atoms with Crippen LogP contribution < -0.4 is 32.6 Å². The molecule has 242 valence electrons. The number of anilines is 1. The van der Waals surface area contributed by atoms with Crippen LogP contribution in [0.2, 0.25) is 0 Å². The molecule has 1 heterocycles. The van der Waals surface area contributed by atoms with Crippen molar-refractivity contribution in [3.05, 3.63) is 83.4 Å². The number of hydrogen-bond donors (Lipinski definition) is 5. The van der Waals surface area contributed by atoms with E-state index in [0.29, 0.717) is 54.0 Å². The minimum atomic E-state index is -1.52. The fourth-order valence-electron chi connectivity index (χ4n) is 6.77. The number of ketones is 1. The normalized spacial score (nSPS) is 27.0. The lowest BCUT2D eigenvalue weighted by Gasteiger charge is -2.41. The van der Waals surface area contributed by atoms with Gasteiger partial charge in [-0.05, 0) is 93.5 Å². The van der Waals surface area contributed by atoms with Gasteiger partial charge in [-0.1, -0.05) is 36.4 Å². The second-order valence-electron chi connectivity index (χ2n) is 13.4. The third-order valence-electron chi connectivity index (χ3n) is 8.98. The number of thioether (sulfide) groups is 1. The number of para-hydroxylation sites is 1. The summed E-state index contributed by atoms with van der Waals surface area (Å²) in [7, 11) is 0. The number of carbonyl (C=O) groups is 3. The van der Waals surface area contributed by atoms with Crippen LogP contribution in [0.3, 0.4) is 0 Å². The van der Waals surface area contributed by atoms with Crippen molar-refractivity contribution in [1.29, 1.82) is 0 Å². The van der Waals surface area contributed by atoms with E-state index in [4.69, 9.17) is 26.7 Å². The van der Waals surface area contributed by atoms with Crippen LogP contribution in [0.15, 0.2) is 71.6 Å². The quantitative estimate of drug-likeness (QED) is 0.239. The molecule has 3 aliphatic rings. The number of carbonyl (C=O) groups excluding carboxylic acids is 3. The molecule has 4 unspecified atom stereocenters. The molecule has 0 bridgehead atoms. The van der Waals surface area contributed by atoms with E-state index in [-0.39, 0.29) is 23.8 Å². The first-order valence-electron chi connectivity index (χ1n) is 15.7. The predicted molar refractivity (Wildman–Crippen MR) is 178 cm³/mol. The van der Waals surface area contributed by atoms with Gasteiger partial charge in [0.15, 0.2) is 5.78 Å². The van der Waals surface area contributed by atoms with Crippen LogP contribution in [0.5, 0.6) is 11.5 Å². The summed E-state index contributed by atoms with van der Waals surface area (Å²) in [6.07, 6.45) is 2.40. The molecule has 1 aliphatic heterocycles. The highest BCUT2D eigenvalue weighted by molar-refractivity contribution is 8.01. The van der Waals surface area contributed by atoms with Crippen molar-refractivity contribution in [1.82, 2.24) is 10.6 Å². The molecule has 3 aromatic rings. The maximum absolute atomic E-state index is 14.1. The third-order valence-corrected chi connectivity index (χ3v) is 10.4. The Hall–Kier alpha value is -4.06. The molecule has 3 aromatic carbocycles. The number of nitrogens with one attached hydrogen (secondary N) is 2. The molecule has 10 nitrogen and oxygen atoms in total. The number of alkyl carbamates (subject to hydrolysis) is 1. The van der Waals surface area contributed by atoms with Crippen LogP contribution in [-0.4, -0.2) is 46.8 Å². The standard InChI is InChI=1S/C35H41N5O5S/c1-34(2,3)45-33(43)40-21-13-11-20(12-14-21)39-32(42)30-27-26-24(17-18-25(36)29(26)46-30)35(38,31(41)28(27)37)19-9-15-23(16-10-19)44-22-7-5-4-6-8-22/h4-10,15-18,20-21,27-28,30H,11-14,36-38H2,1-3H3,(H,39,42)(H,40,43). The smallest absolute Gasteiger partial charge is 0.407 e. The van der Waals surface area contributed by atoms with Gasteiger partial charge in [-0.2, -0.15) is 0 Å². The van der Waals surface area contributed by atoms with Crippen LogP contribution >= 0.6 is 11.8 Å². The number of benzene rings is 3. The third kappa shape index (κ3) is 6.06. The molecule has 0 radical (unpaired) electrons. The summed E-state index contributed by atoms with van der Waals surface area (Å²) >= 11 is 1.35. The first-order chi connectivity index (χ1) is 21.8. The van der Waals surface area contributed by atoms with E-state index in [1.807, 2.05) is 51.1 Å². The molecule has 1 fully saturated rings. The number of hydrogen-bond acceptors (Lipinski definition) is 9. The topological polar surface area (TPSA) is 172 Å². The van der Waals surface area contributed by atoms with Crippen LogP contribution in [0.4, 0.5) is 10.5 Å². The Morgan fingerprint density at radius 3 is 2.13 bits per heavy atom. The summed E-state index contributed by atoms with van der Waals surface area (Å²) in [6, 6.07) is 19.0. The van der Waals surface area contributed by atoms with Gasteiger partial charge in [-0.15, -0.1) is 11.8 Å². The van der Waals surface area contributed by atoms with E-state index < -0.39 is 34.4 Å². The van der Waals surface area contributed by atoms with Crippen LogP contribution in [0.1, 0.15) is 69.1 Å². The van der Waals surface area contributed by atoms with E-state index in [1.165, 1.54) is 11.8 Å². The zero-order chi connectivity index (χ0) is 32.8. The molecule has 1 saturated carbocycles. The minimum Gasteiger partial charge on any atom is -0.457 e. The summed E-state index contributed by atoms with van der Waals surface area (Å²) in [5, 5.41) is 5.49. The molecule has 2 aliphatic carbocycles. The lowest BCUT2D eigenvalue weighted by atomic mass is 9.65. The first-order valence-corrected chi connectivity index (χ1v) is 16.5. The average Bonchev–Trinajstić information content (AvgIpc) is 3.42. The monoisotopic (exact) mass is 643 g/mol. The molecule has 0 spiro atoms. The molecule has 0 saturated heterocycles. The molecule has 0 aromatic heterocycles. The number of ether oxygens (including phenoxy) is 2. The largest absolute Gasteiger partial charge is 0.457 e. The SMILES string of the molecule is CC(C)(C)OC(=O)NC1CCC(NC(=O)C2Sc3c(N)ccc4c3C2C(N)C(=O)C4(N)c2ccc(Oc3ccccc3)cc2)CC1. The number of rotatable bonds is 6. The van der Waals surface area contributed by atoms with Gasteiger partial charge in [0.25, 0.3) is 0 Å². The Bertz CT molecular complexity index is 1640. The van der Waals surface area contributed by atoms with Gasteiger partial charge in [-0.3, -0.25) is 9.59 Å².